The third-order valence-corrected chi connectivity index (χ3v) is 4.77. The van der Waals surface area contributed by atoms with Gasteiger partial charge in [-0.25, -0.2) is 0 Å². The monoisotopic (exact) mass is 357 g/mol. The highest BCUT2D eigenvalue weighted by Crippen LogP contribution is 2.28. The summed E-state index contributed by atoms with van der Waals surface area (Å²) in [6.07, 6.45) is 1.11. The Balaban J connectivity index is 1.89. The zero-order valence-electron chi connectivity index (χ0n) is 16.6. The number of methoxy groups -OCH3 is 1. The summed E-state index contributed by atoms with van der Waals surface area (Å²) in [6.45, 7) is 8.44. The molecule has 2 rings (SSSR count). The van der Waals surface area contributed by atoms with Crippen LogP contribution in [-0.4, -0.2) is 27.4 Å². The van der Waals surface area contributed by atoms with Gasteiger partial charge in [-0.2, -0.15) is 0 Å². The summed E-state index contributed by atoms with van der Waals surface area (Å²) in [5.74, 6) is 2.47. The van der Waals surface area contributed by atoms with E-state index < -0.39 is 0 Å². The van der Waals surface area contributed by atoms with Crippen molar-refractivity contribution >= 4 is 0 Å². The molecule has 0 fully saturated rings. The molecule has 0 unspecified atom stereocenters. The lowest BCUT2D eigenvalue weighted by Crippen LogP contribution is -2.15. The van der Waals surface area contributed by atoms with E-state index in [-0.39, 0.29) is 5.41 Å². The molecule has 2 aromatic carbocycles. The van der Waals surface area contributed by atoms with Gasteiger partial charge in [0.2, 0.25) is 0 Å². The van der Waals surface area contributed by atoms with E-state index in [1.807, 2.05) is 37.4 Å². The van der Waals surface area contributed by atoms with Gasteiger partial charge in [0.25, 0.3) is 0 Å². The Morgan fingerprint density at radius 2 is 1.58 bits per heavy atom. The Kier molecular flexibility index (Phi) is 7.34. The molecule has 0 heterocycles. The number of ether oxygens (including phenoxy) is 3. The molecular weight excluding hydrogens is 326 g/mol. The van der Waals surface area contributed by atoms with Crippen molar-refractivity contribution in [1.82, 2.24) is 5.32 Å². The van der Waals surface area contributed by atoms with E-state index in [9.17, 15) is 0 Å². The lowest BCUT2D eigenvalue weighted by atomic mass is 9.82. The molecule has 0 bridgehead atoms. The summed E-state index contributed by atoms with van der Waals surface area (Å²) >= 11 is 0. The van der Waals surface area contributed by atoms with E-state index in [0.29, 0.717) is 13.2 Å². The fourth-order valence-corrected chi connectivity index (χ4v) is 2.65. The summed E-state index contributed by atoms with van der Waals surface area (Å²) in [7, 11) is 3.57. The number of nitrogens with one attached hydrogen (secondary N) is 1. The highest BCUT2D eigenvalue weighted by Gasteiger charge is 2.17. The molecule has 142 valence electrons. The Morgan fingerprint density at radius 1 is 0.923 bits per heavy atom. The lowest BCUT2D eigenvalue weighted by molar-refractivity contribution is 0.215. The number of benzene rings is 2. The van der Waals surface area contributed by atoms with Gasteiger partial charge in [-0.15, -0.1) is 0 Å². The summed E-state index contributed by atoms with van der Waals surface area (Å²) in [5, 5.41) is 3.15. The van der Waals surface area contributed by atoms with Crippen LogP contribution in [0.25, 0.3) is 0 Å². The largest absolute Gasteiger partial charge is 0.497 e. The van der Waals surface area contributed by atoms with Crippen LogP contribution < -0.4 is 19.5 Å². The second-order valence-corrected chi connectivity index (χ2v) is 6.96. The first-order valence-corrected chi connectivity index (χ1v) is 9.18. The molecule has 0 spiro atoms. The molecule has 0 aliphatic carbocycles. The number of hydrogen-bond donors (Lipinski definition) is 1. The predicted molar refractivity (Wildman–Crippen MR) is 107 cm³/mol. The first-order valence-electron chi connectivity index (χ1n) is 9.18. The fraction of sp³-hybridized carbons (Fsp3) is 0.455. The summed E-state index contributed by atoms with van der Waals surface area (Å²) in [6, 6.07) is 14.2. The SMILES string of the molecule is CCC(C)(C)c1ccc(OCCOc2cc(OC)ccc2CNC)cc1. The van der Waals surface area contributed by atoms with Gasteiger partial charge < -0.3 is 19.5 Å². The summed E-state index contributed by atoms with van der Waals surface area (Å²) < 4.78 is 17.0. The van der Waals surface area contributed by atoms with Gasteiger partial charge in [-0.05, 0) is 42.6 Å². The third-order valence-electron chi connectivity index (χ3n) is 4.77. The van der Waals surface area contributed by atoms with Crippen molar-refractivity contribution in [2.24, 2.45) is 0 Å². The average molecular weight is 357 g/mol. The molecule has 2 aromatic rings. The minimum absolute atomic E-state index is 0.192. The molecular formula is C22H31NO3. The van der Waals surface area contributed by atoms with Crippen LogP contribution in [0, 0.1) is 0 Å². The van der Waals surface area contributed by atoms with Crippen molar-refractivity contribution < 1.29 is 14.2 Å². The highest BCUT2D eigenvalue weighted by molar-refractivity contribution is 5.40. The molecule has 0 atom stereocenters. The molecule has 0 saturated heterocycles. The molecule has 26 heavy (non-hydrogen) atoms. The Labute approximate surface area is 157 Å². The van der Waals surface area contributed by atoms with Gasteiger partial charge in [0.05, 0.1) is 7.11 Å². The molecule has 0 amide bonds. The molecule has 0 aliphatic rings. The van der Waals surface area contributed by atoms with Gasteiger partial charge in [-0.1, -0.05) is 39.0 Å². The van der Waals surface area contributed by atoms with Crippen molar-refractivity contribution in [3.05, 3.63) is 53.6 Å². The molecule has 1 N–H and O–H groups in total. The number of rotatable bonds is 10. The van der Waals surface area contributed by atoms with Crippen LogP contribution in [0.5, 0.6) is 17.2 Å². The molecule has 0 aliphatic heterocycles. The van der Waals surface area contributed by atoms with Gasteiger partial charge in [0.1, 0.15) is 30.5 Å². The second kappa shape index (κ2) is 9.48. The zero-order chi connectivity index (χ0) is 19.0. The van der Waals surface area contributed by atoms with Crippen molar-refractivity contribution in [2.75, 3.05) is 27.4 Å². The number of hydrogen-bond acceptors (Lipinski definition) is 4. The van der Waals surface area contributed by atoms with Crippen molar-refractivity contribution in [1.29, 1.82) is 0 Å². The van der Waals surface area contributed by atoms with Crippen LogP contribution in [-0.2, 0) is 12.0 Å². The van der Waals surface area contributed by atoms with E-state index in [1.54, 1.807) is 7.11 Å². The van der Waals surface area contributed by atoms with Gasteiger partial charge in [0, 0.05) is 18.2 Å². The molecule has 0 aromatic heterocycles. The van der Waals surface area contributed by atoms with Crippen LogP contribution in [0.4, 0.5) is 0 Å². The van der Waals surface area contributed by atoms with Gasteiger partial charge in [-0.3, -0.25) is 0 Å². The topological polar surface area (TPSA) is 39.7 Å². The lowest BCUT2D eigenvalue weighted by Gasteiger charge is -2.23. The normalized spacial score (nSPS) is 11.3. The Bertz CT molecular complexity index is 680. The van der Waals surface area contributed by atoms with Crippen LogP contribution in [0.15, 0.2) is 42.5 Å². The maximum atomic E-state index is 5.90. The average Bonchev–Trinajstić information content (AvgIpc) is 2.66. The van der Waals surface area contributed by atoms with Crippen LogP contribution in [0.2, 0.25) is 0 Å². The quantitative estimate of drug-likeness (QED) is 0.633. The fourth-order valence-electron chi connectivity index (χ4n) is 2.65. The Morgan fingerprint density at radius 3 is 2.19 bits per heavy atom. The standard InChI is InChI=1S/C22H31NO3/c1-6-22(2,3)18-8-11-19(12-9-18)25-13-14-26-21-15-20(24-5)10-7-17(21)16-23-4/h7-12,15,23H,6,13-14,16H2,1-5H3. The van der Waals surface area contributed by atoms with Crippen LogP contribution in [0.1, 0.15) is 38.3 Å². The van der Waals surface area contributed by atoms with Gasteiger partial charge in [0.15, 0.2) is 0 Å². The van der Waals surface area contributed by atoms with Crippen LogP contribution in [0.3, 0.4) is 0 Å². The van der Waals surface area contributed by atoms with E-state index in [4.69, 9.17) is 14.2 Å². The third kappa shape index (κ3) is 5.40. The minimum Gasteiger partial charge on any atom is -0.497 e. The molecule has 4 heteroatoms. The summed E-state index contributed by atoms with van der Waals surface area (Å²) in [4.78, 5) is 0. The highest BCUT2D eigenvalue weighted by atomic mass is 16.5. The van der Waals surface area contributed by atoms with Crippen molar-refractivity contribution in [3.8, 4) is 17.2 Å². The van der Waals surface area contributed by atoms with E-state index >= 15 is 0 Å². The smallest absolute Gasteiger partial charge is 0.127 e. The zero-order valence-corrected chi connectivity index (χ0v) is 16.6. The van der Waals surface area contributed by atoms with E-state index in [0.717, 1.165) is 35.8 Å². The maximum Gasteiger partial charge on any atom is 0.127 e. The van der Waals surface area contributed by atoms with E-state index in [1.165, 1.54) is 5.56 Å². The minimum atomic E-state index is 0.192. The van der Waals surface area contributed by atoms with E-state index in [2.05, 4.69) is 38.2 Å². The van der Waals surface area contributed by atoms with Crippen molar-refractivity contribution in [2.45, 2.75) is 39.2 Å². The predicted octanol–water partition coefficient (Wildman–Crippen LogP) is 4.56. The second-order valence-electron chi connectivity index (χ2n) is 6.96. The summed E-state index contributed by atoms with van der Waals surface area (Å²) in [5.41, 5.74) is 2.62. The van der Waals surface area contributed by atoms with Crippen molar-refractivity contribution in [3.63, 3.8) is 0 Å². The molecule has 0 radical (unpaired) electrons. The maximum absolute atomic E-state index is 5.90. The molecule has 0 saturated carbocycles. The first-order chi connectivity index (χ1) is 12.5. The Hall–Kier alpha value is -2.20. The molecule has 4 nitrogen and oxygen atoms in total. The van der Waals surface area contributed by atoms with Gasteiger partial charge >= 0.3 is 0 Å². The first kappa shape index (κ1) is 20.1. The van der Waals surface area contributed by atoms with Crippen LogP contribution >= 0.6 is 0 Å².